The molecule has 2 atom stereocenters. The van der Waals surface area contributed by atoms with Crippen molar-refractivity contribution in [1.29, 1.82) is 0 Å². The minimum Gasteiger partial charge on any atom is -0.310 e. The van der Waals surface area contributed by atoms with Gasteiger partial charge >= 0.3 is 0 Å². The lowest BCUT2D eigenvalue weighted by Gasteiger charge is -2.32. The minimum atomic E-state index is 0.518. The van der Waals surface area contributed by atoms with Crippen LogP contribution in [0, 0.1) is 12.8 Å². The van der Waals surface area contributed by atoms with Crippen molar-refractivity contribution in [3.63, 3.8) is 0 Å². The van der Waals surface area contributed by atoms with Crippen molar-refractivity contribution in [2.24, 2.45) is 5.92 Å². The molecule has 2 unspecified atom stereocenters. The molecule has 1 aliphatic carbocycles. The van der Waals surface area contributed by atoms with Gasteiger partial charge in [0, 0.05) is 10.9 Å². The van der Waals surface area contributed by atoms with E-state index in [9.17, 15) is 0 Å². The van der Waals surface area contributed by atoms with Crippen molar-refractivity contribution >= 4 is 11.3 Å². The molecule has 0 bridgehead atoms. The summed E-state index contributed by atoms with van der Waals surface area (Å²) in [6, 6.07) is 11.8. The van der Waals surface area contributed by atoms with Crippen molar-refractivity contribution in [3.8, 4) is 0 Å². The summed E-state index contributed by atoms with van der Waals surface area (Å²) in [6.07, 6.45) is 4.94. The largest absolute Gasteiger partial charge is 0.310 e. The van der Waals surface area contributed by atoms with Crippen LogP contribution in [0.4, 0.5) is 0 Å². The van der Waals surface area contributed by atoms with Crippen molar-refractivity contribution in [2.75, 3.05) is 6.54 Å². The standard InChI is InChI=1S/C19H25NS/c1-3-11-20-19(18-10-12-21-14(18)2)17-9-8-15-6-4-5-7-16(15)13-17/h4-7,10,12,17,19-20H,3,8-9,11,13H2,1-2H3. The maximum atomic E-state index is 3.82. The molecule has 3 rings (SSSR count). The van der Waals surface area contributed by atoms with Crippen LogP contribution < -0.4 is 5.32 Å². The Morgan fingerprint density at radius 1 is 1.24 bits per heavy atom. The number of aryl methyl sites for hydroxylation is 2. The molecule has 1 aliphatic rings. The van der Waals surface area contributed by atoms with Gasteiger partial charge in [0.05, 0.1) is 0 Å². The Morgan fingerprint density at radius 3 is 2.76 bits per heavy atom. The van der Waals surface area contributed by atoms with Gasteiger partial charge in [-0.05, 0) is 73.2 Å². The molecule has 2 aromatic rings. The second-order valence-corrected chi connectivity index (χ2v) is 7.26. The zero-order valence-electron chi connectivity index (χ0n) is 13.1. The molecule has 1 N–H and O–H groups in total. The van der Waals surface area contributed by atoms with Crippen LogP contribution in [0.25, 0.3) is 0 Å². The van der Waals surface area contributed by atoms with Gasteiger partial charge < -0.3 is 5.32 Å². The number of hydrogen-bond acceptors (Lipinski definition) is 2. The molecular weight excluding hydrogens is 274 g/mol. The van der Waals surface area contributed by atoms with E-state index in [1.165, 1.54) is 36.1 Å². The van der Waals surface area contributed by atoms with Gasteiger partial charge in [-0.25, -0.2) is 0 Å². The summed E-state index contributed by atoms with van der Waals surface area (Å²) in [4.78, 5) is 1.47. The Kier molecular flexibility index (Phi) is 4.77. The third-order valence-electron chi connectivity index (χ3n) is 4.70. The number of nitrogens with one attached hydrogen (secondary N) is 1. The van der Waals surface area contributed by atoms with Crippen molar-refractivity contribution in [2.45, 2.75) is 45.6 Å². The van der Waals surface area contributed by atoms with Gasteiger partial charge in [-0.3, -0.25) is 0 Å². The number of fused-ring (bicyclic) bond motifs is 1. The van der Waals surface area contributed by atoms with E-state index in [1.807, 2.05) is 11.3 Å². The van der Waals surface area contributed by atoms with Crippen LogP contribution in [-0.2, 0) is 12.8 Å². The first kappa shape index (κ1) is 14.8. The average molecular weight is 299 g/mol. The van der Waals surface area contributed by atoms with E-state index >= 15 is 0 Å². The van der Waals surface area contributed by atoms with Crippen molar-refractivity contribution in [3.05, 3.63) is 57.3 Å². The monoisotopic (exact) mass is 299 g/mol. The predicted octanol–water partition coefficient (Wildman–Crippen LogP) is 4.90. The molecule has 2 heteroatoms. The summed E-state index contributed by atoms with van der Waals surface area (Å²) in [5, 5.41) is 6.06. The van der Waals surface area contributed by atoms with Crippen molar-refractivity contribution < 1.29 is 0 Å². The van der Waals surface area contributed by atoms with Gasteiger partial charge in [0.15, 0.2) is 0 Å². The smallest absolute Gasteiger partial charge is 0.0362 e. The van der Waals surface area contributed by atoms with Gasteiger partial charge in [0.25, 0.3) is 0 Å². The third-order valence-corrected chi connectivity index (χ3v) is 5.57. The SMILES string of the molecule is CCCNC(c1ccsc1C)C1CCc2ccccc2C1. The topological polar surface area (TPSA) is 12.0 Å². The summed E-state index contributed by atoms with van der Waals surface area (Å²) in [5.74, 6) is 0.722. The van der Waals surface area contributed by atoms with Gasteiger partial charge in [-0.1, -0.05) is 31.2 Å². The summed E-state index contributed by atoms with van der Waals surface area (Å²) in [5.41, 5.74) is 4.65. The van der Waals surface area contributed by atoms with E-state index in [1.54, 1.807) is 11.1 Å². The molecule has 0 saturated carbocycles. The zero-order valence-corrected chi connectivity index (χ0v) is 13.9. The quantitative estimate of drug-likeness (QED) is 0.828. The minimum absolute atomic E-state index is 0.518. The first-order valence-corrected chi connectivity index (χ1v) is 9.01. The molecule has 1 aromatic heterocycles. The fraction of sp³-hybridized carbons (Fsp3) is 0.474. The highest BCUT2D eigenvalue weighted by atomic mass is 32.1. The molecular formula is C19H25NS. The van der Waals surface area contributed by atoms with E-state index in [0.29, 0.717) is 6.04 Å². The lowest BCUT2D eigenvalue weighted by molar-refractivity contribution is 0.326. The van der Waals surface area contributed by atoms with E-state index in [2.05, 4.69) is 54.9 Å². The van der Waals surface area contributed by atoms with Gasteiger partial charge in [-0.15, -0.1) is 11.3 Å². The highest BCUT2D eigenvalue weighted by Crippen LogP contribution is 2.36. The predicted molar refractivity (Wildman–Crippen MR) is 92.0 cm³/mol. The van der Waals surface area contributed by atoms with Crippen LogP contribution in [0.15, 0.2) is 35.7 Å². The normalized spacial score (nSPS) is 19.2. The van der Waals surface area contributed by atoms with Crippen LogP contribution >= 0.6 is 11.3 Å². The maximum Gasteiger partial charge on any atom is 0.0362 e. The summed E-state index contributed by atoms with van der Waals surface area (Å²) in [7, 11) is 0. The molecule has 1 aromatic carbocycles. The average Bonchev–Trinajstić information content (AvgIpc) is 2.94. The van der Waals surface area contributed by atoms with Gasteiger partial charge in [-0.2, -0.15) is 0 Å². The summed E-state index contributed by atoms with van der Waals surface area (Å²) in [6.45, 7) is 5.62. The highest BCUT2D eigenvalue weighted by molar-refractivity contribution is 7.10. The Labute approximate surface area is 132 Å². The van der Waals surface area contributed by atoms with E-state index in [4.69, 9.17) is 0 Å². The van der Waals surface area contributed by atoms with Crippen LogP contribution in [0.5, 0.6) is 0 Å². The Bertz CT molecular complexity index is 587. The second kappa shape index (κ2) is 6.76. The maximum absolute atomic E-state index is 3.82. The van der Waals surface area contributed by atoms with Gasteiger partial charge in [0.1, 0.15) is 0 Å². The first-order valence-electron chi connectivity index (χ1n) is 8.13. The van der Waals surface area contributed by atoms with E-state index in [0.717, 1.165) is 12.5 Å². The highest BCUT2D eigenvalue weighted by Gasteiger charge is 2.28. The molecule has 112 valence electrons. The Balaban J connectivity index is 1.83. The summed E-state index contributed by atoms with van der Waals surface area (Å²) < 4.78 is 0. The number of rotatable bonds is 5. The molecule has 0 fully saturated rings. The van der Waals surface area contributed by atoms with E-state index < -0.39 is 0 Å². The molecule has 1 heterocycles. The Hall–Kier alpha value is -1.12. The van der Waals surface area contributed by atoms with Gasteiger partial charge in [0.2, 0.25) is 0 Å². The molecule has 0 spiro atoms. The summed E-state index contributed by atoms with van der Waals surface area (Å²) >= 11 is 1.88. The van der Waals surface area contributed by atoms with Crippen molar-refractivity contribution in [1.82, 2.24) is 5.32 Å². The van der Waals surface area contributed by atoms with Crippen LogP contribution in [0.3, 0.4) is 0 Å². The van der Waals surface area contributed by atoms with Crippen LogP contribution in [0.2, 0.25) is 0 Å². The molecule has 0 amide bonds. The number of thiophene rings is 1. The third kappa shape index (κ3) is 3.22. The molecule has 0 aliphatic heterocycles. The number of benzene rings is 1. The number of hydrogen-bond donors (Lipinski definition) is 1. The lowest BCUT2D eigenvalue weighted by Crippen LogP contribution is -2.32. The van der Waals surface area contributed by atoms with Crippen LogP contribution in [0.1, 0.15) is 47.4 Å². The fourth-order valence-electron chi connectivity index (χ4n) is 3.56. The van der Waals surface area contributed by atoms with Crippen LogP contribution in [-0.4, -0.2) is 6.54 Å². The lowest BCUT2D eigenvalue weighted by atomic mass is 9.78. The Morgan fingerprint density at radius 2 is 2.05 bits per heavy atom. The fourth-order valence-corrected chi connectivity index (χ4v) is 4.31. The van der Waals surface area contributed by atoms with E-state index in [-0.39, 0.29) is 0 Å². The molecule has 0 radical (unpaired) electrons. The molecule has 0 saturated heterocycles. The first-order chi connectivity index (χ1) is 10.3. The second-order valence-electron chi connectivity index (χ2n) is 6.14. The molecule has 21 heavy (non-hydrogen) atoms. The molecule has 1 nitrogen and oxygen atoms in total. The zero-order chi connectivity index (χ0) is 14.7.